The molecular weight excluding hydrogens is 466 g/mol. The molecule has 0 aliphatic rings. The highest BCUT2D eigenvalue weighted by Crippen LogP contribution is 2.27. The van der Waals surface area contributed by atoms with Crippen LogP contribution in [0.1, 0.15) is 12.8 Å². The van der Waals surface area contributed by atoms with E-state index in [1.807, 2.05) is 0 Å². The Balaban J connectivity index is 2.63. The molecule has 0 radical (unpaired) electrons. The van der Waals surface area contributed by atoms with E-state index < -0.39 is 11.6 Å². The Morgan fingerprint density at radius 3 is 2.30 bits per heavy atom. The highest BCUT2D eigenvalue weighted by molar-refractivity contribution is 9.28. The van der Waals surface area contributed by atoms with E-state index in [2.05, 4.69) is 47.8 Å². The SMILES string of the molecule is Fc1cc(OCC=C(Br)Br)cc(F)c1OCCCCBr. The predicted molar refractivity (Wildman–Crippen MR) is 86.3 cm³/mol. The smallest absolute Gasteiger partial charge is 0.190 e. The van der Waals surface area contributed by atoms with Crippen LogP contribution in [0.2, 0.25) is 0 Å². The maximum Gasteiger partial charge on any atom is 0.190 e. The van der Waals surface area contributed by atoms with Crippen LogP contribution in [-0.2, 0) is 0 Å². The van der Waals surface area contributed by atoms with Gasteiger partial charge >= 0.3 is 0 Å². The predicted octanol–water partition coefficient (Wildman–Crippen LogP) is 5.53. The molecule has 112 valence electrons. The third-order valence-corrected chi connectivity index (χ3v) is 3.44. The topological polar surface area (TPSA) is 18.5 Å². The van der Waals surface area contributed by atoms with Gasteiger partial charge in [-0.2, -0.15) is 0 Å². The highest BCUT2D eigenvalue weighted by atomic mass is 79.9. The molecule has 0 amide bonds. The lowest BCUT2D eigenvalue weighted by atomic mass is 10.3. The molecule has 1 rings (SSSR count). The number of hydrogen-bond acceptors (Lipinski definition) is 2. The van der Waals surface area contributed by atoms with Crippen molar-refractivity contribution >= 4 is 47.8 Å². The fraction of sp³-hybridized carbons (Fsp3) is 0.385. The van der Waals surface area contributed by atoms with Crippen LogP contribution < -0.4 is 9.47 Å². The van der Waals surface area contributed by atoms with E-state index >= 15 is 0 Å². The lowest BCUT2D eigenvalue weighted by molar-refractivity contribution is 0.276. The third-order valence-electron chi connectivity index (χ3n) is 2.23. The van der Waals surface area contributed by atoms with Crippen LogP contribution in [0.25, 0.3) is 0 Å². The molecule has 1 aromatic rings. The normalized spacial score (nSPS) is 10.2. The zero-order chi connectivity index (χ0) is 15.0. The van der Waals surface area contributed by atoms with Gasteiger partial charge in [-0.3, -0.25) is 0 Å². The van der Waals surface area contributed by atoms with Gasteiger partial charge in [-0.05, 0) is 50.8 Å². The molecule has 0 aromatic heterocycles. The van der Waals surface area contributed by atoms with E-state index in [1.54, 1.807) is 6.08 Å². The average Bonchev–Trinajstić information content (AvgIpc) is 2.36. The van der Waals surface area contributed by atoms with Crippen molar-refractivity contribution in [1.29, 1.82) is 0 Å². The standard InChI is InChI=1S/C13H13Br3F2O2/c14-4-1-2-5-20-13-10(17)7-9(8-11(13)18)19-6-3-12(15)16/h3,7-8H,1-2,4-6H2. The van der Waals surface area contributed by atoms with E-state index in [9.17, 15) is 8.78 Å². The van der Waals surface area contributed by atoms with E-state index in [0.717, 1.165) is 30.3 Å². The van der Waals surface area contributed by atoms with Crippen LogP contribution in [-0.4, -0.2) is 18.5 Å². The Kier molecular flexibility index (Phi) is 8.72. The van der Waals surface area contributed by atoms with Gasteiger partial charge < -0.3 is 9.47 Å². The fourth-order valence-electron chi connectivity index (χ4n) is 1.33. The summed E-state index contributed by atoms with van der Waals surface area (Å²) in [6.07, 6.45) is 3.28. The molecule has 0 aliphatic carbocycles. The molecule has 0 fully saturated rings. The van der Waals surface area contributed by atoms with Crippen molar-refractivity contribution in [3.63, 3.8) is 0 Å². The van der Waals surface area contributed by atoms with Crippen molar-refractivity contribution in [2.24, 2.45) is 0 Å². The van der Waals surface area contributed by atoms with Crippen molar-refractivity contribution in [3.05, 3.63) is 33.2 Å². The Hall–Kier alpha value is -0.140. The van der Waals surface area contributed by atoms with E-state index in [0.29, 0.717) is 3.39 Å². The molecule has 0 saturated carbocycles. The molecule has 0 heterocycles. The van der Waals surface area contributed by atoms with Gasteiger partial charge in [0.05, 0.1) is 10.00 Å². The third kappa shape index (κ3) is 6.54. The number of unbranched alkanes of at least 4 members (excludes halogenated alkanes) is 1. The second-order valence-corrected chi connectivity index (χ2v) is 7.33. The molecule has 0 N–H and O–H groups in total. The van der Waals surface area contributed by atoms with Gasteiger partial charge in [-0.15, -0.1) is 0 Å². The zero-order valence-corrected chi connectivity index (χ0v) is 15.2. The summed E-state index contributed by atoms with van der Waals surface area (Å²) in [5.41, 5.74) is 0. The monoisotopic (exact) mass is 476 g/mol. The van der Waals surface area contributed by atoms with Gasteiger partial charge in [0.15, 0.2) is 17.4 Å². The molecule has 2 nitrogen and oxygen atoms in total. The van der Waals surface area contributed by atoms with E-state index in [4.69, 9.17) is 9.47 Å². The largest absolute Gasteiger partial charge is 0.489 e. The maximum absolute atomic E-state index is 13.7. The minimum Gasteiger partial charge on any atom is -0.489 e. The first-order valence-electron chi connectivity index (χ1n) is 5.86. The van der Waals surface area contributed by atoms with Crippen molar-refractivity contribution in [3.8, 4) is 11.5 Å². The molecule has 0 saturated heterocycles. The molecule has 7 heteroatoms. The van der Waals surface area contributed by atoms with Crippen LogP contribution in [0.5, 0.6) is 11.5 Å². The number of hydrogen-bond donors (Lipinski definition) is 0. The first-order chi connectivity index (χ1) is 9.54. The minimum absolute atomic E-state index is 0.116. The van der Waals surface area contributed by atoms with Crippen LogP contribution in [0.15, 0.2) is 21.6 Å². The Morgan fingerprint density at radius 2 is 1.75 bits per heavy atom. The van der Waals surface area contributed by atoms with Crippen molar-refractivity contribution in [1.82, 2.24) is 0 Å². The Morgan fingerprint density at radius 1 is 1.10 bits per heavy atom. The Labute approximate surface area is 141 Å². The summed E-state index contributed by atoms with van der Waals surface area (Å²) in [5, 5.41) is 0.838. The minimum atomic E-state index is -0.763. The zero-order valence-electron chi connectivity index (χ0n) is 10.5. The summed E-state index contributed by atoms with van der Waals surface area (Å²) in [6.45, 7) is 0.467. The van der Waals surface area contributed by atoms with E-state index in [-0.39, 0.29) is 24.7 Å². The van der Waals surface area contributed by atoms with Gasteiger partial charge in [-0.25, -0.2) is 8.78 Å². The van der Waals surface area contributed by atoms with Gasteiger partial charge in [0.1, 0.15) is 12.4 Å². The van der Waals surface area contributed by atoms with Crippen LogP contribution in [0.3, 0.4) is 0 Å². The summed E-state index contributed by atoms with van der Waals surface area (Å²) >= 11 is 9.59. The highest BCUT2D eigenvalue weighted by Gasteiger charge is 2.13. The molecule has 20 heavy (non-hydrogen) atoms. The summed E-state index contributed by atoms with van der Waals surface area (Å²) in [5.74, 6) is -1.77. The second kappa shape index (κ2) is 9.73. The fourth-order valence-corrected chi connectivity index (χ4v) is 1.99. The van der Waals surface area contributed by atoms with Crippen LogP contribution in [0.4, 0.5) is 8.78 Å². The molecule has 0 unspecified atom stereocenters. The molecule has 0 bridgehead atoms. The summed E-state index contributed by atoms with van der Waals surface area (Å²) < 4.78 is 38.5. The molecule has 0 spiro atoms. The van der Waals surface area contributed by atoms with Crippen molar-refractivity contribution in [2.75, 3.05) is 18.5 Å². The second-order valence-electron chi connectivity index (χ2n) is 3.77. The van der Waals surface area contributed by atoms with Gasteiger partial charge in [0, 0.05) is 17.5 Å². The number of alkyl halides is 1. The molecule has 0 atom stereocenters. The summed E-state index contributed by atoms with van der Waals surface area (Å²) in [7, 11) is 0. The number of rotatable bonds is 8. The first kappa shape index (κ1) is 17.9. The van der Waals surface area contributed by atoms with Gasteiger partial charge in [0.25, 0.3) is 0 Å². The molecule has 1 aromatic carbocycles. The first-order valence-corrected chi connectivity index (χ1v) is 8.57. The van der Waals surface area contributed by atoms with Gasteiger partial charge in [0.2, 0.25) is 0 Å². The quantitative estimate of drug-likeness (QED) is 0.361. The average molecular weight is 479 g/mol. The number of halogens is 5. The number of benzene rings is 1. The van der Waals surface area contributed by atoms with Crippen LogP contribution in [0, 0.1) is 11.6 Å². The van der Waals surface area contributed by atoms with E-state index in [1.165, 1.54) is 0 Å². The van der Waals surface area contributed by atoms with Crippen molar-refractivity contribution < 1.29 is 18.3 Å². The van der Waals surface area contributed by atoms with Crippen molar-refractivity contribution in [2.45, 2.75) is 12.8 Å². The summed E-state index contributed by atoms with van der Waals surface area (Å²) in [4.78, 5) is 0. The molecular formula is C13H13Br3F2O2. The lowest BCUT2D eigenvalue weighted by Gasteiger charge is -2.10. The number of ether oxygens (including phenoxy) is 2. The maximum atomic E-state index is 13.7. The summed E-state index contributed by atoms with van der Waals surface area (Å²) in [6, 6.07) is 2.22. The van der Waals surface area contributed by atoms with Crippen LogP contribution >= 0.6 is 47.8 Å². The Bertz CT molecular complexity index is 440. The lowest BCUT2D eigenvalue weighted by Crippen LogP contribution is -2.03. The van der Waals surface area contributed by atoms with Gasteiger partial charge in [-0.1, -0.05) is 15.9 Å². The molecule has 0 aliphatic heterocycles.